The predicted molar refractivity (Wildman–Crippen MR) is 76.6 cm³/mol. The quantitative estimate of drug-likeness (QED) is 0.939. The first kappa shape index (κ1) is 14.3. The van der Waals surface area contributed by atoms with Crippen molar-refractivity contribution in [3.63, 3.8) is 0 Å². The summed E-state index contributed by atoms with van der Waals surface area (Å²) in [4.78, 5) is 11.5. The number of rotatable bonds is 4. The highest BCUT2D eigenvalue weighted by Crippen LogP contribution is 2.26. The van der Waals surface area contributed by atoms with Gasteiger partial charge in [-0.05, 0) is 17.7 Å². The highest BCUT2D eigenvalue weighted by atomic mass is 32.2. The lowest BCUT2D eigenvalue weighted by Crippen LogP contribution is -2.32. The standard InChI is InChI=1S/C15H15NO3S/c1-12(17)16-15(13-8-4-2-5-9-13)20(18,19)14-10-6-3-7-11-14/h2-11,15H,1H3,(H,16,17). The minimum absolute atomic E-state index is 0.183. The van der Waals surface area contributed by atoms with E-state index >= 15 is 0 Å². The van der Waals surface area contributed by atoms with E-state index in [0.717, 1.165) is 0 Å². The number of sulfone groups is 1. The molecule has 0 aromatic heterocycles. The largest absolute Gasteiger partial charge is 0.336 e. The molecule has 0 spiro atoms. The fourth-order valence-corrected chi connectivity index (χ4v) is 3.54. The van der Waals surface area contributed by atoms with Crippen LogP contribution in [0.1, 0.15) is 17.9 Å². The SMILES string of the molecule is CC(=O)NC(c1ccccc1)S(=O)(=O)c1ccccc1. The summed E-state index contributed by atoms with van der Waals surface area (Å²) in [5.74, 6) is -0.390. The maximum atomic E-state index is 12.7. The molecular formula is C15H15NO3S. The maximum Gasteiger partial charge on any atom is 0.218 e. The summed E-state index contributed by atoms with van der Waals surface area (Å²) in [6, 6.07) is 16.7. The fourth-order valence-electron chi connectivity index (χ4n) is 1.90. The van der Waals surface area contributed by atoms with Gasteiger partial charge in [0.1, 0.15) is 0 Å². The summed E-state index contributed by atoms with van der Waals surface area (Å²) in [6.07, 6.45) is 0. The average molecular weight is 289 g/mol. The Bertz CT molecular complexity index is 682. The van der Waals surface area contributed by atoms with Crippen LogP contribution in [0.25, 0.3) is 0 Å². The van der Waals surface area contributed by atoms with Crippen LogP contribution in [-0.2, 0) is 14.6 Å². The van der Waals surface area contributed by atoms with Crippen molar-refractivity contribution in [3.8, 4) is 0 Å². The molecule has 0 aliphatic carbocycles. The average Bonchev–Trinajstić information content (AvgIpc) is 2.46. The third-order valence-electron chi connectivity index (χ3n) is 2.82. The van der Waals surface area contributed by atoms with E-state index in [-0.39, 0.29) is 4.90 Å². The summed E-state index contributed by atoms with van der Waals surface area (Å²) >= 11 is 0. The molecule has 20 heavy (non-hydrogen) atoms. The molecule has 104 valence electrons. The number of amides is 1. The van der Waals surface area contributed by atoms with E-state index < -0.39 is 21.1 Å². The molecule has 0 radical (unpaired) electrons. The molecule has 2 aromatic rings. The molecule has 1 atom stereocenters. The van der Waals surface area contributed by atoms with Gasteiger partial charge in [-0.1, -0.05) is 48.5 Å². The van der Waals surface area contributed by atoms with Gasteiger partial charge in [0.05, 0.1) is 4.90 Å². The second-order valence-electron chi connectivity index (χ2n) is 4.35. The van der Waals surface area contributed by atoms with Crippen molar-refractivity contribution >= 4 is 15.7 Å². The van der Waals surface area contributed by atoms with Crippen molar-refractivity contribution in [1.29, 1.82) is 0 Å². The van der Waals surface area contributed by atoms with Crippen LogP contribution in [-0.4, -0.2) is 14.3 Å². The van der Waals surface area contributed by atoms with Crippen LogP contribution in [0.5, 0.6) is 0 Å². The summed E-state index contributed by atoms with van der Waals surface area (Å²) in [5.41, 5.74) is 0.534. The number of carbonyl (C=O) groups is 1. The van der Waals surface area contributed by atoms with Gasteiger partial charge < -0.3 is 5.32 Å². The number of nitrogens with one attached hydrogen (secondary N) is 1. The second-order valence-corrected chi connectivity index (χ2v) is 6.38. The Morgan fingerprint density at radius 3 is 1.95 bits per heavy atom. The van der Waals surface area contributed by atoms with E-state index in [2.05, 4.69) is 5.32 Å². The molecule has 0 saturated carbocycles. The highest BCUT2D eigenvalue weighted by molar-refractivity contribution is 7.91. The first-order valence-electron chi connectivity index (χ1n) is 6.13. The molecule has 5 heteroatoms. The van der Waals surface area contributed by atoms with Crippen LogP contribution in [0.3, 0.4) is 0 Å². The minimum Gasteiger partial charge on any atom is -0.336 e. The summed E-state index contributed by atoms with van der Waals surface area (Å²) < 4.78 is 25.3. The van der Waals surface area contributed by atoms with Crippen LogP contribution >= 0.6 is 0 Å². The van der Waals surface area contributed by atoms with Crippen molar-refractivity contribution < 1.29 is 13.2 Å². The Kier molecular flexibility index (Phi) is 4.20. The van der Waals surface area contributed by atoms with E-state index in [4.69, 9.17) is 0 Å². The van der Waals surface area contributed by atoms with E-state index in [1.54, 1.807) is 48.5 Å². The van der Waals surface area contributed by atoms with Crippen molar-refractivity contribution in [2.75, 3.05) is 0 Å². The van der Waals surface area contributed by atoms with E-state index in [9.17, 15) is 13.2 Å². The molecule has 0 aliphatic rings. The van der Waals surface area contributed by atoms with Gasteiger partial charge in [0.25, 0.3) is 0 Å². The predicted octanol–water partition coefficient (Wildman–Crippen LogP) is 2.30. The zero-order chi connectivity index (χ0) is 14.6. The van der Waals surface area contributed by atoms with E-state index in [0.29, 0.717) is 5.56 Å². The van der Waals surface area contributed by atoms with Gasteiger partial charge in [0.15, 0.2) is 5.37 Å². The van der Waals surface area contributed by atoms with Gasteiger partial charge in [0, 0.05) is 6.92 Å². The van der Waals surface area contributed by atoms with E-state index in [1.807, 2.05) is 0 Å². The summed E-state index contributed by atoms with van der Waals surface area (Å²) in [7, 11) is -3.68. The molecule has 0 saturated heterocycles. The van der Waals surface area contributed by atoms with Crippen LogP contribution in [0.15, 0.2) is 65.6 Å². The Labute approximate surface area is 118 Å². The Balaban J connectivity index is 2.49. The third kappa shape index (κ3) is 3.05. The fraction of sp³-hybridized carbons (Fsp3) is 0.133. The van der Waals surface area contributed by atoms with Crippen molar-refractivity contribution in [1.82, 2.24) is 5.32 Å². The van der Waals surface area contributed by atoms with Crippen LogP contribution in [0.2, 0.25) is 0 Å². The zero-order valence-corrected chi connectivity index (χ0v) is 11.8. The zero-order valence-electron chi connectivity index (χ0n) is 11.0. The first-order valence-corrected chi connectivity index (χ1v) is 7.67. The molecular weight excluding hydrogens is 274 g/mol. The monoisotopic (exact) mass is 289 g/mol. The number of hydrogen-bond donors (Lipinski definition) is 1. The lowest BCUT2D eigenvalue weighted by molar-refractivity contribution is -0.119. The second kappa shape index (κ2) is 5.88. The van der Waals surface area contributed by atoms with Gasteiger partial charge in [-0.3, -0.25) is 4.79 Å². The van der Waals surface area contributed by atoms with Gasteiger partial charge in [-0.25, -0.2) is 8.42 Å². The number of carbonyl (C=O) groups excluding carboxylic acids is 1. The Morgan fingerprint density at radius 1 is 0.950 bits per heavy atom. The first-order chi connectivity index (χ1) is 9.51. The summed E-state index contributed by atoms with van der Waals surface area (Å²) in [5, 5.41) is 1.43. The third-order valence-corrected chi connectivity index (χ3v) is 4.76. The lowest BCUT2D eigenvalue weighted by atomic mass is 10.2. The Hall–Kier alpha value is -2.14. The molecule has 1 amide bonds. The topological polar surface area (TPSA) is 63.2 Å². The molecule has 2 aromatic carbocycles. The summed E-state index contributed by atoms with van der Waals surface area (Å²) in [6.45, 7) is 1.30. The molecule has 0 fully saturated rings. The molecule has 0 bridgehead atoms. The van der Waals surface area contributed by atoms with Gasteiger partial charge >= 0.3 is 0 Å². The van der Waals surface area contributed by atoms with Crippen LogP contribution in [0.4, 0.5) is 0 Å². The van der Waals surface area contributed by atoms with Gasteiger partial charge in [-0.15, -0.1) is 0 Å². The minimum atomic E-state index is -3.68. The van der Waals surface area contributed by atoms with Crippen LogP contribution in [0, 0.1) is 0 Å². The molecule has 1 N–H and O–H groups in total. The number of hydrogen-bond acceptors (Lipinski definition) is 3. The Morgan fingerprint density at radius 2 is 1.45 bits per heavy atom. The maximum absolute atomic E-state index is 12.7. The molecule has 0 aliphatic heterocycles. The lowest BCUT2D eigenvalue weighted by Gasteiger charge is -2.19. The van der Waals surface area contributed by atoms with Gasteiger partial charge in [-0.2, -0.15) is 0 Å². The van der Waals surface area contributed by atoms with Crippen molar-refractivity contribution in [2.24, 2.45) is 0 Å². The molecule has 2 rings (SSSR count). The highest BCUT2D eigenvalue weighted by Gasteiger charge is 2.29. The molecule has 1 unspecified atom stereocenters. The molecule has 0 heterocycles. The number of benzene rings is 2. The van der Waals surface area contributed by atoms with Crippen molar-refractivity contribution in [2.45, 2.75) is 17.2 Å². The van der Waals surface area contributed by atoms with Gasteiger partial charge in [0.2, 0.25) is 15.7 Å². The molecule has 4 nitrogen and oxygen atoms in total. The van der Waals surface area contributed by atoms with Crippen molar-refractivity contribution in [3.05, 3.63) is 66.2 Å². The van der Waals surface area contributed by atoms with Crippen LogP contribution < -0.4 is 5.32 Å². The van der Waals surface area contributed by atoms with E-state index in [1.165, 1.54) is 19.1 Å². The normalized spacial score (nSPS) is 12.7. The smallest absolute Gasteiger partial charge is 0.218 e.